The zero-order chi connectivity index (χ0) is 23.7. The van der Waals surface area contributed by atoms with Crippen molar-refractivity contribution in [3.63, 3.8) is 0 Å². The summed E-state index contributed by atoms with van der Waals surface area (Å²) in [6.07, 6.45) is 0.545. The summed E-state index contributed by atoms with van der Waals surface area (Å²) < 4.78 is 17.0. The van der Waals surface area contributed by atoms with Crippen LogP contribution in [0.3, 0.4) is 0 Å². The van der Waals surface area contributed by atoms with Crippen LogP contribution in [0.1, 0.15) is 31.9 Å². The van der Waals surface area contributed by atoms with Gasteiger partial charge in [0.25, 0.3) is 0 Å². The number of Topliss-reactive ketones (excluding diaryl/α,β-unsaturated/α-hetero) is 1. The number of ether oxygens (including phenoxy) is 3. The Bertz CT molecular complexity index is 1130. The van der Waals surface area contributed by atoms with Crippen LogP contribution in [0.5, 0.6) is 11.5 Å². The average molecular weight is 515 g/mol. The molecule has 7 nitrogen and oxygen atoms in total. The van der Waals surface area contributed by atoms with E-state index in [1.807, 2.05) is 50.2 Å². The molecular formula is C25H27BrN2O5. The number of rotatable bonds is 5. The van der Waals surface area contributed by atoms with Gasteiger partial charge in [0, 0.05) is 11.3 Å². The molecule has 3 atom stereocenters. The van der Waals surface area contributed by atoms with Crippen LogP contribution in [-0.2, 0) is 14.3 Å². The van der Waals surface area contributed by atoms with E-state index in [4.69, 9.17) is 14.2 Å². The number of hydrogen-bond acceptors (Lipinski definition) is 7. The number of ketones is 1. The monoisotopic (exact) mass is 514 g/mol. The fourth-order valence-corrected chi connectivity index (χ4v) is 5.22. The SMILES string of the molecule is CCOc1cc([C@H]2Nc3ccccc3NC3=C2C(=O)[C@H](C(=O)OC)[C@@H](C)C3)cc(Br)c1OC. The molecule has 0 bridgehead atoms. The van der Waals surface area contributed by atoms with Gasteiger partial charge in [0.1, 0.15) is 5.92 Å². The van der Waals surface area contributed by atoms with E-state index in [2.05, 4.69) is 26.6 Å². The first-order valence-corrected chi connectivity index (χ1v) is 11.7. The van der Waals surface area contributed by atoms with Crippen LogP contribution in [0.15, 0.2) is 52.1 Å². The van der Waals surface area contributed by atoms with E-state index in [1.165, 1.54) is 7.11 Å². The molecule has 1 aliphatic heterocycles. The van der Waals surface area contributed by atoms with Crippen LogP contribution in [0.4, 0.5) is 11.4 Å². The quantitative estimate of drug-likeness (QED) is 0.424. The van der Waals surface area contributed by atoms with Crippen molar-refractivity contribution >= 4 is 39.1 Å². The maximum absolute atomic E-state index is 13.8. The minimum absolute atomic E-state index is 0.191. The van der Waals surface area contributed by atoms with E-state index in [0.29, 0.717) is 34.6 Å². The lowest BCUT2D eigenvalue weighted by Gasteiger charge is -2.32. The molecule has 1 aliphatic carbocycles. The summed E-state index contributed by atoms with van der Waals surface area (Å²) in [7, 11) is 2.90. The van der Waals surface area contributed by atoms with E-state index >= 15 is 0 Å². The number of allylic oxidation sites excluding steroid dienone is 1. The Morgan fingerprint density at radius 1 is 1.18 bits per heavy atom. The van der Waals surface area contributed by atoms with Gasteiger partial charge in [-0.15, -0.1) is 0 Å². The van der Waals surface area contributed by atoms with Crippen LogP contribution in [0.25, 0.3) is 0 Å². The second-order valence-electron chi connectivity index (χ2n) is 8.15. The van der Waals surface area contributed by atoms with E-state index in [-0.39, 0.29) is 11.7 Å². The summed E-state index contributed by atoms with van der Waals surface area (Å²) in [5, 5.41) is 6.97. The molecule has 0 amide bonds. The number of esters is 1. The van der Waals surface area contributed by atoms with Crippen LogP contribution >= 0.6 is 15.9 Å². The van der Waals surface area contributed by atoms with Gasteiger partial charge >= 0.3 is 5.97 Å². The van der Waals surface area contributed by atoms with Crippen LogP contribution < -0.4 is 20.1 Å². The van der Waals surface area contributed by atoms with Gasteiger partial charge in [-0.3, -0.25) is 9.59 Å². The number of methoxy groups -OCH3 is 2. The third-order valence-electron chi connectivity index (χ3n) is 6.09. The molecule has 0 fully saturated rings. The van der Waals surface area contributed by atoms with Crippen molar-refractivity contribution in [2.24, 2.45) is 11.8 Å². The molecule has 1 heterocycles. The first kappa shape index (κ1) is 23.2. The summed E-state index contributed by atoms with van der Waals surface area (Å²) in [6.45, 7) is 4.27. The lowest BCUT2D eigenvalue weighted by molar-refractivity contribution is -0.151. The van der Waals surface area contributed by atoms with E-state index in [1.54, 1.807) is 7.11 Å². The second kappa shape index (κ2) is 9.47. The molecule has 4 rings (SSSR count). The molecule has 2 aromatic carbocycles. The van der Waals surface area contributed by atoms with Gasteiger partial charge in [0.15, 0.2) is 17.3 Å². The number of fused-ring (bicyclic) bond motifs is 1. The number of hydrogen-bond donors (Lipinski definition) is 2. The lowest BCUT2D eigenvalue weighted by Crippen LogP contribution is -2.39. The maximum Gasteiger partial charge on any atom is 0.316 e. The van der Waals surface area contributed by atoms with E-state index in [9.17, 15) is 9.59 Å². The molecular weight excluding hydrogens is 488 g/mol. The van der Waals surface area contributed by atoms with Crippen LogP contribution in [-0.4, -0.2) is 32.6 Å². The smallest absolute Gasteiger partial charge is 0.316 e. The van der Waals surface area contributed by atoms with Gasteiger partial charge in [-0.25, -0.2) is 0 Å². The molecule has 0 spiro atoms. The Kier molecular flexibility index (Phi) is 6.65. The third-order valence-corrected chi connectivity index (χ3v) is 6.68. The highest BCUT2D eigenvalue weighted by Gasteiger charge is 2.44. The first-order valence-electron chi connectivity index (χ1n) is 10.9. The number of carbonyl (C=O) groups excluding carboxylic acids is 2. The van der Waals surface area contributed by atoms with Crippen molar-refractivity contribution in [2.45, 2.75) is 26.3 Å². The number of anilines is 2. The Balaban J connectivity index is 1.91. The minimum Gasteiger partial charge on any atom is -0.492 e. The zero-order valence-corrected chi connectivity index (χ0v) is 20.6. The molecule has 2 aliphatic rings. The second-order valence-corrected chi connectivity index (χ2v) is 9.01. The molecule has 0 saturated carbocycles. The lowest BCUT2D eigenvalue weighted by atomic mass is 9.75. The summed E-state index contributed by atoms with van der Waals surface area (Å²) >= 11 is 3.58. The minimum atomic E-state index is -0.853. The number of carbonyl (C=O) groups is 2. The van der Waals surface area contributed by atoms with Gasteiger partial charge in [0.05, 0.1) is 42.7 Å². The summed E-state index contributed by atoms with van der Waals surface area (Å²) in [4.78, 5) is 26.3. The van der Waals surface area contributed by atoms with Gasteiger partial charge in [-0.05, 0) is 65.0 Å². The normalized spacial score (nSPS) is 21.7. The summed E-state index contributed by atoms with van der Waals surface area (Å²) in [5.74, 6) is -0.639. The molecule has 0 unspecified atom stereocenters. The number of para-hydroxylation sites is 2. The molecule has 2 N–H and O–H groups in total. The fraction of sp³-hybridized carbons (Fsp3) is 0.360. The zero-order valence-electron chi connectivity index (χ0n) is 19.0. The standard InChI is InChI=1S/C25H27BrN2O5/c1-5-33-19-12-14(11-15(26)24(19)31-3)22-21-18(27-16-8-6-7-9-17(16)28-22)10-13(2)20(23(21)29)25(30)32-4/h6-9,11-13,20,22,27-28H,5,10H2,1-4H3/t13-,20+,22+/m0/s1. The molecule has 0 saturated heterocycles. The fourth-order valence-electron chi connectivity index (χ4n) is 4.60. The maximum atomic E-state index is 13.8. The Morgan fingerprint density at radius 3 is 2.58 bits per heavy atom. The van der Waals surface area contributed by atoms with E-state index < -0.39 is 17.9 Å². The molecule has 174 valence electrons. The Morgan fingerprint density at radius 2 is 1.91 bits per heavy atom. The number of nitrogens with one attached hydrogen (secondary N) is 2. The van der Waals surface area contributed by atoms with Crippen LogP contribution in [0, 0.1) is 11.8 Å². The van der Waals surface area contributed by atoms with Gasteiger partial charge in [-0.2, -0.15) is 0 Å². The van der Waals surface area contributed by atoms with Crippen molar-refractivity contribution in [3.05, 3.63) is 57.7 Å². The number of benzene rings is 2. The summed E-state index contributed by atoms with van der Waals surface area (Å²) in [6, 6.07) is 11.1. The topological polar surface area (TPSA) is 85.9 Å². The highest BCUT2D eigenvalue weighted by Crippen LogP contribution is 2.46. The predicted octanol–water partition coefficient (Wildman–Crippen LogP) is 5.09. The van der Waals surface area contributed by atoms with Gasteiger partial charge in [0.2, 0.25) is 0 Å². The highest BCUT2D eigenvalue weighted by molar-refractivity contribution is 9.10. The number of halogens is 1. The first-order chi connectivity index (χ1) is 15.9. The van der Waals surface area contributed by atoms with Crippen molar-refractivity contribution < 1.29 is 23.8 Å². The average Bonchev–Trinajstić information content (AvgIpc) is 2.95. The predicted molar refractivity (Wildman–Crippen MR) is 130 cm³/mol. The van der Waals surface area contributed by atoms with Gasteiger partial charge in [-0.1, -0.05) is 19.1 Å². The van der Waals surface area contributed by atoms with Crippen molar-refractivity contribution in [3.8, 4) is 11.5 Å². The van der Waals surface area contributed by atoms with Crippen LogP contribution in [0.2, 0.25) is 0 Å². The largest absolute Gasteiger partial charge is 0.492 e. The van der Waals surface area contributed by atoms with Gasteiger partial charge < -0.3 is 24.8 Å². The third kappa shape index (κ3) is 4.19. The van der Waals surface area contributed by atoms with Crippen molar-refractivity contribution in [1.29, 1.82) is 0 Å². The van der Waals surface area contributed by atoms with E-state index in [0.717, 1.165) is 22.6 Å². The molecule has 33 heavy (non-hydrogen) atoms. The van der Waals surface area contributed by atoms with Crippen molar-refractivity contribution in [2.75, 3.05) is 31.5 Å². The molecule has 0 aromatic heterocycles. The molecule has 8 heteroatoms. The molecule has 2 aromatic rings. The highest BCUT2D eigenvalue weighted by atomic mass is 79.9. The molecule has 0 radical (unpaired) electrons. The van der Waals surface area contributed by atoms with Crippen molar-refractivity contribution in [1.82, 2.24) is 0 Å². The Hall–Kier alpha value is -3.00. The Labute approximate surface area is 201 Å². The summed E-state index contributed by atoms with van der Waals surface area (Å²) in [5.41, 5.74) is 3.88.